The molecule has 1 aromatic carbocycles. The Morgan fingerprint density at radius 1 is 1.14 bits per heavy atom. The zero-order chi connectivity index (χ0) is 14.9. The predicted molar refractivity (Wildman–Crippen MR) is 86.9 cm³/mol. The maximum Gasteiger partial charge on any atom is 0.137 e. The highest BCUT2D eigenvalue weighted by Gasteiger charge is 2.03. The highest BCUT2D eigenvalue weighted by atomic mass is 35.5. The van der Waals surface area contributed by atoms with Gasteiger partial charge in [0.1, 0.15) is 5.75 Å². The second-order valence-electron chi connectivity index (χ2n) is 4.90. The normalized spacial score (nSPS) is 10.6. The smallest absolute Gasteiger partial charge is 0.137 e. The van der Waals surface area contributed by atoms with Gasteiger partial charge in [0, 0.05) is 25.4 Å². The molecule has 0 radical (unpaired) electrons. The second kappa shape index (κ2) is 8.65. The Hall–Kier alpha value is -1.58. The van der Waals surface area contributed by atoms with Crippen LogP contribution in [0.15, 0.2) is 42.7 Å². The van der Waals surface area contributed by atoms with Crippen molar-refractivity contribution >= 4 is 11.6 Å². The summed E-state index contributed by atoms with van der Waals surface area (Å²) in [7, 11) is 0. The summed E-state index contributed by atoms with van der Waals surface area (Å²) in [6, 6.07) is 9.95. The van der Waals surface area contributed by atoms with Crippen LogP contribution in [0, 0.1) is 0 Å². The van der Waals surface area contributed by atoms with Crippen LogP contribution in [0.3, 0.4) is 0 Å². The minimum absolute atomic E-state index is 0.608. The Labute approximate surface area is 131 Å². The molecule has 0 spiro atoms. The summed E-state index contributed by atoms with van der Waals surface area (Å²) in [6.07, 6.45) is 5.56. The third-order valence-corrected chi connectivity index (χ3v) is 3.45. The molecule has 0 saturated carbocycles. The number of ether oxygens (including phenoxy) is 1. The molecule has 21 heavy (non-hydrogen) atoms. The molecule has 0 saturated heterocycles. The van der Waals surface area contributed by atoms with Gasteiger partial charge in [-0.2, -0.15) is 0 Å². The van der Waals surface area contributed by atoms with Crippen molar-refractivity contribution < 1.29 is 4.74 Å². The highest BCUT2D eigenvalue weighted by Crippen LogP contribution is 2.25. The molecule has 0 atom stereocenters. The molecule has 2 rings (SSSR count). The lowest BCUT2D eigenvalue weighted by Crippen LogP contribution is -2.13. The maximum absolute atomic E-state index is 6.26. The average molecular weight is 305 g/mol. The topological polar surface area (TPSA) is 34.1 Å². The van der Waals surface area contributed by atoms with E-state index in [0.717, 1.165) is 31.7 Å². The zero-order valence-electron chi connectivity index (χ0n) is 12.3. The van der Waals surface area contributed by atoms with Crippen molar-refractivity contribution in [3.63, 3.8) is 0 Å². The third kappa shape index (κ3) is 5.37. The summed E-state index contributed by atoms with van der Waals surface area (Å²) < 4.78 is 5.75. The minimum atomic E-state index is 0.608. The van der Waals surface area contributed by atoms with Crippen LogP contribution in [0.1, 0.15) is 24.5 Å². The van der Waals surface area contributed by atoms with Gasteiger partial charge in [-0.3, -0.25) is 4.98 Å². The van der Waals surface area contributed by atoms with Gasteiger partial charge in [0.25, 0.3) is 0 Å². The van der Waals surface area contributed by atoms with Gasteiger partial charge in [0.05, 0.1) is 11.6 Å². The number of nitrogens with one attached hydrogen (secondary N) is 1. The monoisotopic (exact) mass is 304 g/mol. The molecule has 0 amide bonds. The van der Waals surface area contributed by atoms with Gasteiger partial charge in [0.2, 0.25) is 0 Å². The van der Waals surface area contributed by atoms with Crippen molar-refractivity contribution in [1.82, 2.24) is 10.3 Å². The Balaban J connectivity index is 1.83. The number of halogens is 1. The Morgan fingerprint density at radius 3 is 2.67 bits per heavy atom. The predicted octanol–water partition coefficient (Wildman–Crippen LogP) is 3.86. The summed E-state index contributed by atoms with van der Waals surface area (Å²) >= 11 is 6.26. The van der Waals surface area contributed by atoms with E-state index in [1.807, 2.05) is 24.3 Å². The fraction of sp³-hybridized carbons (Fsp3) is 0.353. The standard InChI is InChI=1S/C17H21ClN2O/c1-2-8-20-13-15-3-4-17(16(18)12-15)21-11-7-14-5-9-19-10-6-14/h3-6,9-10,12,20H,2,7-8,11,13H2,1H3. The first-order valence-electron chi connectivity index (χ1n) is 7.30. The van der Waals surface area contributed by atoms with Crippen molar-refractivity contribution in [1.29, 1.82) is 0 Å². The van der Waals surface area contributed by atoms with Crippen LogP contribution in [-0.4, -0.2) is 18.1 Å². The number of nitrogens with zero attached hydrogens (tertiary/aromatic N) is 1. The van der Waals surface area contributed by atoms with E-state index in [-0.39, 0.29) is 0 Å². The van der Waals surface area contributed by atoms with Crippen LogP contribution in [0.2, 0.25) is 5.02 Å². The lowest BCUT2D eigenvalue weighted by atomic mass is 10.2. The molecular weight excluding hydrogens is 284 g/mol. The van der Waals surface area contributed by atoms with E-state index >= 15 is 0 Å². The molecule has 0 aliphatic carbocycles. The summed E-state index contributed by atoms with van der Waals surface area (Å²) in [5, 5.41) is 4.02. The van der Waals surface area contributed by atoms with Crippen molar-refractivity contribution in [3.8, 4) is 5.75 Å². The van der Waals surface area contributed by atoms with Crippen LogP contribution in [0.25, 0.3) is 0 Å². The summed E-state index contributed by atoms with van der Waals surface area (Å²) in [4.78, 5) is 4.00. The quantitative estimate of drug-likeness (QED) is 0.752. The molecule has 1 heterocycles. The molecule has 0 aliphatic heterocycles. The van der Waals surface area contributed by atoms with Gasteiger partial charge in [-0.05, 0) is 48.4 Å². The Bertz CT molecular complexity index is 546. The molecule has 0 fully saturated rings. The lowest BCUT2D eigenvalue weighted by molar-refractivity contribution is 0.322. The Kier molecular flexibility index (Phi) is 6.51. The Morgan fingerprint density at radius 2 is 1.95 bits per heavy atom. The fourth-order valence-corrected chi connectivity index (χ4v) is 2.27. The molecule has 0 aliphatic rings. The summed E-state index contributed by atoms with van der Waals surface area (Å²) in [6.45, 7) is 4.61. The average Bonchev–Trinajstić information content (AvgIpc) is 2.51. The summed E-state index contributed by atoms with van der Waals surface area (Å²) in [5.74, 6) is 0.741. The number of hydrogen-bond donors (Lipinski definition) is 1. The van der Waals surface area contributed by atoms with E-state index in [1.165, 1.54) is 11.1 Å². The van der Waals surface area contributed by atoms with Crippen LogP contribution in [0.4, 0.5) is 0 Å². The van der Waals surface area contributed by atoms with Gasteiger partial charge >= 0.3 is 0 Å². The van der Waals surface area contributed by atoms with Gasteiger partial charge in [-0.25, -0.2) is 0 Å². The fourth-order valence-electron chi connectivity index (χ4n) is 2.01. The molecule has 2 aromatic rings. The first kappa shape index (κ1) is 15.8. The third-order valence-electron chi connectivity index (χ3n) is 3.15. The summed E-state index contributed by atoms with van der Waals surface area (Å²) in [5.41, 5.74) is 2.39. The van der Waals surface area contributed by atoms with E-state index in [2.05, 4.69) is 23.3 Å². The largest absolute Gasteiger partial charge is 0.492 e. The van der Waals surface area contributed by atoms with Gasteiger partial charge in [0.15, 0.2) is 0 Å². The van der Waals surface area contributed by atoms with Crippen LogP contribution < -0.4 is 10.1 Å². The lowest BCUT2D eigenvalue weighted by Gasteiger charge is -2.10. The molecule has 0 bridgehead atoms. The van der Waals surface area contributed by atoms with Crippen molar-refractivity contribution in [2.24, 2.45) is 0 Å². The van der Waals surface area contributed by atoms with Crippen molar-refractivity contribution in [3.05, 3.63) is 58.9 Å². The number of rotatable bonds is 8. The molecular formula is C17H21ClN2O. The van der Waals surface area contributed by atoms with Crippen molar-refractivity contribution in [2.75, 3.05) is 13.2 Å². The second-order valence-corrected chi connectivity index (χ2v) is 5.30. The molecule has 4 heteroatoms. The molecule has 0 unspecified atom stereocenters. The van der Waals surface area contributed by atoms with E-state index in [1.54, 1.807) is 12.4 Å². The van der Waals surface area contributed by atoms with E-state index in [9.17, 15) is 0 Å². The minimum Gasteiger partial charge on any atom is -0.492 e. The molecule has 112 valence electrons. The zero-order valence-corrected chi connectivity index (χ0v) is 13.1. The van der Waals surface area contributed by atoms with E-state index in [0.29, 0.717) is 11.6 Å². The van der Waals surface area contributed by atoms with Crippen LogP contribution in [-0.2, 0) is 13.0 Å². The molecule has 3 nitrogen and oxygen atoms in total. The molecule has 1 N–H and O–H groups in total. The van der Waals surface area contributed by atoms with Crippen LogP contribution in [0.5, 0.6) is 5.75 Å². The first-order valence-corrected chi connectivity index (χ1v) is 7.68. The van der Waals surface area contributed by atoms with Gasteiger partial charge < -0.3 is 10.1 Å². The van der Waals surface area contributed by atoms with Crippen LogP contribution >= 0.6 is 11.6 Å². The number of pyridine rings is 1. The van der Waals surface area contributed by atoms with Gasteiger partial charge in [-0.15, -0.1) is 0 Å². The van der Waals surface area contributed by atoms with Crippen molar-refractivity contribution in [2.45, 2.75) is 26.3 Å². The highest BCUT2D eigenvalue weighted by molar-refractivity contribution is 6.32. The molecule has 1 aromatic heterocycles. The van der Waals surface area contributed by atoms with Gasteiger partial charge in [-0.1, -0.05) is 24.6 Å². The van der Waals surface area contributed by atoms with E-state index in [4.69, 9.17) is 16.3 Å². The number of aromatic nitrogens is 1. The SMILES string of the molecule is CCCNCc1ccc(OCCc2ccncc2)c(Cl)c1. The number of benzene rings is 1. The first-order chi connectivity index (χ1) is 10.3. The van der Waals surface area contributed by atoms with E-state index < -0.39 is 0 Å². The number of hydrogen-bond acceptors (Lipinski definition) is 3. The maximum atomic E-state index is 6.26.